The first-order chi connectivity index (χ1) is 20.1. The summed E-state index contributed by atoms with van der Waals surface area (Å²) < 4.78 is 17.7. The van der Waals surface area contributed by atoms with Crippen molar-refractivity contribution in [1.29, 1.82) is 0 Å². The highest BCUT2D eigenvalue weighted by atomic mass is 16.5. The van der Waals surface area contributed by atoms with Crippen LogP contribution >= 0.6 is 0 Å². The molecule has 7 heteroatoms. The van der Waals surface area contributed by atoms with Crippen LogP contribution in [0.4, 0.5) is 5.69 Å². The number of hydrogen-bond donors (Lipinski definition) is 1. The SMILES string of the molecule is CCOc1cc2c(cc1OCC)[C@H]1[C@H](C(=O)Nc3ccc(Oc4ccccc4)cc3)c3ccccc3C(=O)N1CC2. The average Bonchev–Trinajstić information content (AvgIpc) is 2.99. The number of ether oxygens (including phenoxy) is 3. The monoisotopic (exact) mass is 548 g/mol. The van der Waals surface area contributed by atoms with Crippen LogP contribution in [0.5, 0.6) is 23.0 Å². The van der Waals surface area contributed by atoms with Gasteiger partial charge in [0.15, 0.2) is 11.5 Å². The van der Waals surface area contributed by atoms with Gasteiger partial charge in [-0.3, -0.25) is 9.59 Å². The third-order valence-corrected chi connectivity index (χ3v) is 7.57. The zero-order chi connectivity index (χ0) is 28.3. The van der Waals surface area contributed by atoms with Crippen LogP contribution in [0.3, 0.4) is 0 Å². The molecule has 2 atom stereocenters. The van der Waals surface area contributed by atoms with E-state index in [1.165, 1.54) is 0 Å². The Hall–Kier alpha value is -4.78. The van der Waals surface area contributed by atoms with Crippen molar-refractivity contribution in [2.24, 2.45) is 0 Å². The van der Waals surface area contributed by atoms with Crippen LogP contribution in [0.1, 0.15) is 52.9 Å². The normalized spacial score (nSPS) is 17.1. The fourth-order valence-corrected chi connectivity index (χ4v) is 5.80. The molecule has 0 spiro atoms. The predicted octanol–water partition coefficient (Wildman–Crippen LogP) is 6.75. The van der Waals surface area contributed by atoms with E-state index >= 15 is 0 Å². The topological polar surface area (TPSA) is 77.1 Å². The van der Waals surface area contributed by atoms with Crippen molar-refractivity contribution in [3.8, 4) is 23.0 Å². The highest BCUT2D eigenvalue weighted by Crippen LogP contribution is 2.48. The molecular formula is C34H32N2O5. The van der Waals surface area contributed by atoms with Gasteiger partial charge in [0.05, 0.1) is 25.2 Å². The molecule has 208 valence electrons. The Balaban J connectivity index is 1.35. The molecule has 2 aliphatic rings. The van der Waals surface area contributed by atoms with Gasteiger partial charge in [-0.2, -0.15) is 0 Å². The average molecular weight is 549 g/mol. The molecule has 7 nitrogen and oxygen atoms in total. The molecule has 0 radical (unpaired) electrons. The lowest BCUT2D eigenvalue weighted by Crippen LogP contribution is -2.49. The van der Waals surface area contributed by atoms with E-state index in [0.717, 1.165) is 22.4 Å². The van der Waals surface area contributed by atoms with E-state index in [0.29, 0.717) is 54.7 Å². The number of benzene rings is 4. The first-order valence-corrected chi connectivity index (χ1v) is 14.0. The number of nitrogens with zero attached hydrogens (tertiary/aromatic N) is 1. The summed E-state index contributed by atoms with van der Waals surface area (Å²) in [4.78, 5) is 29.6. The van der Waals surface area contributed by atoms with Crippen LogP contribution in [-0.2, 0) is 11.2 Å². The van der Waals surface area contributed by atoms with Gasteiger partial charge in [-0.1, -0.05) is 36.4 Å². The van der Waals surface area contributed by atoms with Gasteiger partial charge in [-0.15, -0.1) is 0 Å². The summed E-state index contributed by atoms with van der Waals surface area (Å²) >= 11 is 0. The minimum Gasteiger partial charge on any atom is -0.490 e. The van der Waals surface area contributed by atoms with Crippen LogP contribution in [0, 0.1) is 0 Å². The molecule has 2 amide bonds. The fourth-order valence-electron chi connectivity index (χ4n) is 5.80. The molecular weight excluding hydrogens is 516 g/mol. The van der Waals surface area contributed by atoms with Gasteiger partial charge in [-0.25, -0.2) is 0 Å². The van der Waals surface area contributed by atoms with Crippen molar-refractivity contribution in [3.05, 3.63) is 113 Å². The van der Waals surface area contributed by atoms with Gasteiger partial charge < -0.3 is 24.4 Å². The molecule has 1 N–H and O–H groups in total. The second-order valence-corrected chi connectivity index (χ2v) is 10.1. The van der Waals surface area contributed by atoms with Crippen LogP contribution in [0.15, 0.2) is 91.0 Å². The fraction of sp³-hybridized carbons (Fsp3) is 0.235. The summed E-state index contributed by atoms with van der Waals surface area (Å²) in [6.07, 6.45) is 0.670. The minimum absolute atomic E-state index is 0.0606. The second-order valence-electron chi connectivity index (χ2n) is 10.1. The molecule has 6 rings (SSSR count). The maximum absolute atomic E-state index is 14.1. The summed E-state index contributed by atoms with van der Waals surface area (Å²) in [7, 11) is 0. The van der Waals surface area contributed by atoms with Gasteiger partial charge in [0, 0.05) is 17.8 Å². The molecule has 0 fully saturated rings. The summed E-state index contributed by atoms with van der Waals surface area (Å²) in [6.45, 7) is 5.37. The van der Waals surface area contributed by atoms with E-state index in [4.69, 9.17) is 14.2 Å². The molecule has 0 saturated heterocycles. The summed E-state index contributed by atoms with van der Waals surface area (Å²) in [5.74, 6) is 1.85. The highest BCUT2D eigenvalue weighted by molar-refractivity contribution is 6.04. The predicted molar refractivity (Wildman–Crippen MR) is 157 cm³/mol. The highest BCUT2D eigenvalue weighted by Gasteiger charge is 2.46. The van der Waals surface area contributed by atoms with Crippen molar-refractivity contribution < 1.29 is 23.8 Å². The lowest BCUT2D eigenvalue weighted by molar-refractivity contribution is -0.119. The number of anilines is 1. The largest absolute Gasteiger partial charge is 0.490 e. The number of rotatable bonds is 8. The van der Waals surface area contributed by atoms with E-state index in [1.54, 1.807) is 0 Å². The molecule has 0 aromatic heterocycles. The molecule has 2 aliphatic heterocycles. The van der Waals surface area contributed by atoms with Crippen LogP contribution in [0.25, 0.3) is 0 Å². The van der Waals surface area contributed by atoms with E-state index in [1.807, 2.05) is 110 Å². The van der Waals surface area contributed by atoms with Gasteiger partial charge in [-0.05, 0) is 91.6 Å². The molecule has 0 saturated carbocycles. The Bertz CT molecular complexity index is 1570. The van der Waals surface area contributed by atoms with Crippen molar-refractivity contribution in [2.45, 2.75) is 32.2 Å². The molecule has 4 aromatic carbocycles. The van der Waals surface area contributed by atoms with Crippen molar-refractivity contribution in [2.75, 3.05) is 25.1 Å². The summed E-state index contributed by atoms with van der Waals surface area (Å²) in [5.41, 5.74) is 3.91. The van der Waals surface area contributed by atoms with Gasteiger partial charge in [0.1, 0.15) is 11.5 Å². The second kappa shape index (κ2) is 11.4. The van der Waals surface area contributed by atoms with E-state index in [9.17, 15) is 9.59 Å². The number of amides is 2. The number of fused-ring (bicyclic) bond motifs is 4. The van der Waals surface area contributed by atoms with Crippen molar-refractivity contribution in [1.82, 2.24) is 4.90 Å². The molecule has 2 heterocycles. The van der Waals surface area contributed by atoms with Crippen molar-refractivity contribution in [3.63, 3.8) is 0 Å². The number of carbonyl (C=O) groups is 2. The maximum Gasteiger partial charge on any atom is 0.254 e. The first-order valence-electron chi connectivity index (χ1n) is 14.0. The molecule has 41 heavy (non-hydrogen) atoms. The standard InChI is InChI=1S/C34H32N2O5/c1-3-39-29-20-22-18-19-36-32(28(22)21-30(29)40-4-2)31(26-12-8-9-13-27(26)34(36)38)33(37)35-23-14-16-25(17-15-23)41-24-10-6-5-7-11-24/h5-17,20-21,31-32H,3-4,18-19H2,1-2H3,(H,35,37)/t31-,32+/m1/s1. The quantitative estimate of drug-likeness (QED) is 0.264. The molecule has 0 unspecified atom stereocenters. The van der Waals surface area contributed by atoms with Crippen LogP contribution < -0.4 is 19.5 Å². The maximum atomic E-state index is 14.1. The van der Waals surface area contributed by atoms with E-state index < -0.39 is 12.0 Å². The third-order valence-electron chi connectivity index (χ3n) is 7.57. The third kappa shape index (κ3) is 5.11. The van der Waals surface area contributed by atoms with E-state index in [-0.39, 0.29) is 11.8 Å². The molecule has 4 aromatic rings. The smallest absolute Gasteiger partial charge is 0.254 e. The van der Waals surface area contributed by atoms with Crippen LogP contribution in [-0.4, -0.2) is 36.5 Å². The number of nitrogens with one attached hydrogen (secondary N) is 1. The molecule has 0 aliphatic carbocycles. The van der Waals surface area contributed by atoms with Gasteiger partial charge in [0.25, 0.3) is 5.91 Å². The van der Waals surface area contributed by atoms with Gasteiger partial charge in [0.2, 0.25) is 5.91 Å². The zero-order valence-corrected chi connectivity index (χ0v) is 23.1. The number of hydrogen-bond acceptors (Lipinski definition) is 5. The Labute approximate surface area is 239 Å². The lowest BCUT2D eigenvalue weighted by atomic mass is 9.75. The Kier molecular flexibility index (Phi) is 7.33. The summed E-state index contributed by atoms with van der Waals surface area (Å²) in [6, 6.07) is 27.7. The number of para-hydroxylation sites is 1. The summed E-state index contributed by atoms with van der Waals surface area (Å²) in [5, 5.41) is 3.11. The Morgan fingerprint density at radius 3 is 2.22 bits per heavy atom. The molecule has 0 bridgehead atoms. The van der Waals surface area contributed by atoms with Crippen LogP contribution in [0.2, 0.25) is 0 Å². The lowest BCUT2D eigenvalue weighted by Gasteiger charge is -2.45. The Morgan fingerprint density at radius 2 is 1.49 bits per heavy atom. The van der Waals surface area contributed by atoms with E-state index in [2.05, 4.69) is 5.32 Å². The zero-order valence-electron chi connectivity index (χ0n) is 23.1. The van der Waals surface area contributed by atoms with Crippen molar-refractivity contribution >= 4 is 17.5 Å². The van der Waals surface area contributed by atoms with Gasteiger partial charge >= 0.3 is 0 Å². The minimum atomic E-state index is -0.615. The Morgan fingerprint density at radius 1 is 0.829 bits per heavy atom. The first kappa shape index (κ1) is 26.4. The number of carbonyl (C=O) groups excluding carboxylic acids is 2.